The van der Waals surface area contributed by atoms with Gasteiger partial charge in [0.05, 0.1) is 12.6 Å². The molecule has 1 atom stereocenters. The number of rotatable bonds is 4. The van der Waals surface area contributed by atoms with Crippen LogP contribution in [0.15, 0.2) is 29.6 Å². The quantitative estimate of drug-likeness (QED) is 0.879. The SMILES string of the molecule is CCNCC(=O)N1CCc2sccc2[C@H]1c1ccc(Cl)cc1Cl. The predicted octanol–water partition coefficient (Wildman–Crippen LogP) is 4.14. The van der Waals surface area contributed by atoms with E-state index in [4.69, 9.17) is 23.2 Å². The van der Waals surface area contributed by atoms with Gasteiger partial charge in [-0.2, -0.15) is 0 Å². The summed E-state index contributed by atoms with van der Waals surface area (Å²) in [7, 11) is 0. The molecule has 0 fully saturated rings. The van der Waals surface area contributed by atoms with E-state index >= 15 is 0 Å². The smallest absolute Gasteiger partial charge is 0.237 e. The number of thiophene rings is 1. The number of hydrogen-bond acceptors (Lipinski definition) is 3. The number of fused-ring (bicyclic) bond motifs is 1. The molecule has 3 rings (SSSR count). The van der Waals surface area contributed by atoms with Gasteiger partial charge in [-0.1, -0.05) is 36.2 Å². The van der Waals surface area contributed by atoms with E-state index in [0.29, 0.717) is 23.1 Å². The van der Waals surface area contributed by atoms with E-state index in [-0.39, 0.29) is 11.9 Å². The van der Waals surface area contributed by atoms with Gasteiger partial charge in [0.15, 0.2) is 0 Å². The summed E-state index contributed by atoms with van der Waals surface area (Å²) < 4.78 is 0. The third-order valence-electron chi connectivity index (χ3n) is 4.07. The molecule has 0 saturated carbocycles. The van der Waals surface area contributed by atoms with Crippen LogP contribution in [0.2, 0.25) is 10.0 Å². The minimum atomic E-state index is -0.138. The van der Waals surface area contributed by atoms with Crippen LogP contribution in [0.4, 0.5) is 0 Å². The Morgan fingerprint density at radius 1 is 1.35 bits per heavy atom. The normalized spacial score (nSPS) is 17.2. The molecule has 1 aromatic carbocycles. The molecule has 1 N–H and O–H groups in total. The minimum Gasteiger partial charge on any atom is -0.330 e. The second-order valence-corrected chi connectivity index (χ2v) is 7.33. The first kappa shape index (κ1) is 16.8. The molecule has 6 heteroatoms. The van der Waals surface area contributed by atoms with Crippen molar-refractivity contribution in [1.29, 1.82) is 0 Å². The standard InChI is InChI=1S/C17H18Cl2N2OS/c1-2-20-10-16(22)21-7-5-15-13(6-8-23-15)17(21)12-4-3-11(18)9-14(12)19/h3-4,6,8-9,17,20H,2,5,7,10H2,1H3/t17-/m1/s1. The molecule has 3 nitrogen and oxygen atoms in total. The molecule has 0 aliphatic carbocycles. The molecule has 0 saturated heterocycles. The molecule has 1 aromatic heterocycles. The lowest BCUT2D eigenvalue weighted by Gasteiger charge is -2.37. The van der Waals surface area contributed by atoms with E-state index in [1.807, 2.05) is 24.0 Å². The third-order valence-corrected chi connectivity index (χ3v) is 5.63. The summed E-state index contributed by atoms with van der Waals surface area (Å²) in [5.41, 5.74) is 2.11. The van der Waals surface area contributed by atoms with Gasteiger partial charge in [0.25, 0.3) is 0 Å². The van der Waals surface area contributed by atoms with E-state index in [2.05, 4.69) is 16.8 Å². The fourth-order valence-corrected chi connectivity index (χ4v) is 4.39. The van der Waals surface area contributed by atoms with Crippen molar-refractivity contribution in [1.82, 2.24) is 10.2 Å². The van der Waals surface area contributed by atoms with Gasteiger partial charge in [0.1, 0.15) is 0 Å². The molecule has 1 aliphatic rings. The van der Waals surface area contributed by atoms with Crippen LogP contribution in [-0.4, -0.2) is 30.4 Å². The first-order valence-electron chi connectivity index (χ1n) is 7.63. The topological polar surface area (TPSA) is 32.3 Å². The maximum atomic E-state index is 12.6. The Hall–Kier alpha value is -1.07. The fourth-order valence-electron chi connectivity index (χ4n) is 2.98. The largest absolute Gasteiger partial charge is 0.330 e. The van der Waals surface area contributed by atoms with Gasteiger partial charge < -0.3 is 10.2 Å². The summed E-state index contributed by atoms with van der Waals surface area (Å²) in [5, 5.41) is 6.40. The Kier molecular flexibility index (Phi) is 5.27. The van der Waals surface area contributed by atoms with Crippen LogP contribution in [0.25, 0.3) is 0 Å². The molecule has 1 amide bonds. The Morgan fingerprint density at radius 3 is 2.91 bits per heavy atom. The summed E-state index contributed by atoms with van der Waals surface area (Å²) >= 11 is 14.2. The number of carbonyl (C=O) groups is 1. The number of amides is 1. The van der Waals surface area contributed by atoms with Gasteiger partial charge in [0, 0.05) is 21.5 Å². The van der Waals surface area contributed by atoms with Gasteiger partial charge in [-0.3, -0.25) is 4.79 Å². The van der Waals surface area contributed by atoms with Crippen LogP contribution in [-0.2, 0) is 11.2 Å². The molecule has 2 heterocycles. The van der Waals surface area contributed by atoms with Crippen molar-refractivity contribution >= 4 is 40.4 Å². The van der Waals surface area contributed by atoms with Crippen molar-refractivity contribution < 1.29 is 4.79 Å². The molecule has 23 heavy (non-hydrogen) atoms. The lowest BCUT2D eigenvalue weighted by atomic mass is 9.93. The van der Waals surface area contributed by atoms with Crippen LogP contribution in [0.1, 0.15) is 29.0 Å². The van der Waals surface area contributed by atoms with E-state index in [0.717, 1.165) is 18.5 Å². The number of nitrogens with one attached hydrogen (secondary N) is 1. The van der Waals surface area contributed by atoms with Gasteiger partial charge in [-0.05, 0) is 47.7 Å². The lowest BCUT2D eigenvalue weighted by Crippen LogP contribution is -2.44. The fraction of sp³-hybridized carbons (Fsp3) is 0.353. The van der Waals surface area contributed by atoms with Gasteiger partial charge >= 0.3 is 0 Å². The highest BCUT2D eigenvalue weighted by atomic mass is 35.5. The molecule has 0 radical (unpaired) electrons. The van der Waals surface area contributed by atoms with Crippen molar-refractivity contribution in [2.45, 2.75) is 19.4 Å². The molecular formula is C17H18Cl2N2OS. The minimum absolute atomic E-state index is 0.0970. The van der Waals surface area contributed by atoms with Crippen molar-refractivity contribution in [3.63, 3.8) is 0 Å². The number of nitrogens with zero attached hydrogens (tertiary/aromatic N) is 1. The molecule has 122 valence electrons. The predicted molar refractivity (Wildman–Crippen MR) is 96.6 cm³/mol. The van der Waals surface area contributed by atoms with Crippen LogP contribution in [0, 0.1) is 0 Å². The monoisotopic (exact) mass is 368 g/mol. The summed E-state index contributed by atoms with van der Waals surface area (Å²) in [4.78, 5) is 15.9. The maximum absolute atomic E-state index is 12.6. The number of benzene rings is 1. The highest BCUT2D eigenvalue weighted by Gasteiger charge is 2.33. The number of carbonyl (C=O) groups excluding carboxylic acids is 1. The zero-order valence-electron chi connectivity index (χ0n) is 12.8. The summed E-state index contributed by atoms with van der Waals surface area (Å²) in [6.45, 7) is 3.82. The summed E-state index contributed by atoms with van der Waals surface area (Å²) in [6.07, 6.45) is 0.895. The number of hydrogen-bond donors (Lipinski definition) is 1. The summed E-state index contributed by atoms with van der Waals surface area (Å²) in [5.74, 6) is 0.0970. The number of likely N-dealkylation sites (N-methyl/N-ethyl adjacent to an activating group) is 1. The average Bonchev–Trinajstić information content (AvgIpc) is 3.00. The van der Waals surface area contributed by atoms with E-state index in [9.17, 15) is 4.79 Å². The van der Waals surface area contributed by atoms with Gasteiger partial charge in [0.2, 0.25) is 5.91 Å². The molecule has 1 aliphatic heterocycles. The lowest BCUT2D eigenvalue weighted by molar-refractivity contribution is -0.132. The Bertz CT molecular complexity index is 716. The van der Waals surface area contributed by atoms with E-state index < -0.39 is 0 Å². The van der Waals surface area contributed by atoms with E-state index in [1.54, 1.807) is 17.4 Å². The van der Waals surface area contributed by atoms with Crippen LogP contribution in [0.3, 0.4) is 0 Å². The molecule has 0 unspecified atom stereocenters. The van der Waals surface area contributed by atoms with Crippen molar-refractivity contribution in [2.24, 2.45) is 0 Å². The average molecular weight is 369 g/mol. The van der Waals surface area contributed by atoms with Crippen molar-refractivity contribution in [2.75, 3.05) is 19.6 Å². The Labute approximate surface area is 150 Å². The highest BCUT2D eigenvalue weighted by molar-refractivity contribution is 7.10. The third kappa shape index (κ3) is 3.41. The number of halogens is 2. The second kappa shape index (κ2) is 7.22. The van der Waals surface area contributed by atoms with Crippen molar-refractivity contribution in [3.8, 4) is 0 Å². The van der Waals surface area contributed by atoms with Gasteiger partial charge in [-0.15, -0.1) is 11.3 Å². The zero-order valence-corrected chi connectivity index (χ0v) is 15.1. The van der Waals surface area contributed by atoms with Crippen LogP contribution < -0.4 is 5.32 Å². The molecule has 0 bridgehead atoms. The molecule has 0 spiro atoms. The van der Waals surface area contributed by atoms with Crippen molar-refractivity contribution in [3.05, 3.63) is 55.7 Å². The Morgan fingerprint density at radius 2 is 2.17 bits per heavy atom. The van der Waals surface area contributed by atoms with Crippen LogP contribution >= 0.6 is 34.5 Å². The summed E-state index contributed by atoms with van der Waals surface area (Å²) in [6, 6.07) is 7.46. The van der Waals surface area contributed by atoms with Crippen LogP contribution in [0.5, 0.6) is 0 Å². The second-order valence-electron chi connectivity index (χ2n) is 5.48. The Balaban J connectivity index is 2.01. The molecular weight excluding hydrogens is 351 g/mol. The van der Waals surface area contributed by atoms with Gasteiger partial charge in [-0.25, -0.2) is 0 Å². The molecule has 2 aromatic rings. The maximum Gasteiger partial charge on any atom is 0.237 e. The zero-order chi connectivity index (χ0) is 16.4. The first-order chi connectivity index (χ1) is 11.1. The highest BCUT2D eigenvalue weighted by Crippen LogP contribution is 2.40. The van der Waals surface area contributed by atoms with E-state index in [1.165, 1.54) is 10.4 Å². The first-order valence-corrected chi connectivity index (χ1v) is 9.26.